The molecule has 0 aliphatic carbocycles. The van der Waals surface area contributed by atoms with Gasteiger partial charge in [0.1, 0.15) is 0 Å². The second kappa shape index (κ2) is 6.40. The molecule has 1 fully saturated rings. The van der Waals surface area contributed by atoms with E-state index in [1.165, 1.54) is 44.0 Å². The number of benzene rings is 2. The Morgan fingerprint density at radius 1 is 1.12 bits per heavy atom. The van der Waals surface area contributed by atoms with Crippen LogP contribution in [-0.2, 0) is 0 Å². The van der Waals surface area contributed by atoms with Crippen LogP contribution >= 0.6 is 27.7 Å². The molecule has 0 aromatic heterocycles. The second-order valence-corrected chi connectivity index (χ2v) is 9.12. The van der Waals surface area contributed by atoms with E-state index in [2.05, 4.69) is 83.1 Å². The van der Waals surface area contributed by atoms with Crippen molar-refractivity contribution in [3.05, 3.63) is 52.0 Å². The second-order valence-electron chi connectivity index (χ2n) is 7.09. The number of rotatable bonds is 2. The number of likely N-dealkylation sites (N-methyl/N-ethyl adjacent to an activating group) is 2. The number of anilines is 1. The molecule has 24 heavy (non-hydrogen) atoms. The predicted molar refractivity (Wildman–Crippen MR) is 106 cm³/mol. The minimum Gasteiger partial charge on any atom is -0.370 e. The van der Waals surface area contributed by atoms with Gasteiger partial charge in [-0.05, 0) is 56.8 Å². The van der Waals surface area contributed by atoms with E-state index in [9.17, 15) is 0 Å². The molecule has 2 aromatic carbocycles. The number of hydrogen-bond donors (Lipinski definition) is 0. The smallest absolute Gasteiger partial charge is 0.0545 e. The average Bonchev–Trinajstić information content (AvgIpc) is 2.82. The van der Waals surface area contributed by atoms with Gasteiger partial charge in [0, 0.05) is 39.8 Å². The van der Waals surface area contributed by atoms with Crippen molar-refractivity contribution in [2.45, 2.75) is 35.1 Å². The Kier molecular flexibility index (Phi) is 4.40. The molecule has 0 bridgehead atoms. The lowest BCUT2D eigenvalue weighted by molar-refractivity contribution is 0.234. The molecule has 1 saturated heterocycles. The molecule has 2 aromatic rings. The van der Waals surface area contributed by atoms with Gasteiger partial charge in [0.15, 0.2) is 0 Å². The van der Waals surface area contributed by atoms with E-state index in [-0.39, 0.29) is 0 Å². The summed E-state index contributed by atoms with van der Waals surface area (Å²) in [6.45, 7) is 4.49. The highest BCUT2D eigenvalue weighted by Gasteiger charge is 2.40. The number of aryl methyl sites for hydroxylation is 1. The third kappa shape index (κ3) is 2.89. The van der Waals surface area contributed by atoms with Crippen LogP contribution in [0.15, 0.2) is 50.7 Å². The van der Waals surface area contributed by atoms with E-state index < -0.39 is 0 Å². The lowest BCUT2D eigenvalue weighted by Gasteiger charge is -2.35. The quantitative estimate of drug-likeness (QED) is 0.685. The Hall–Kier alpha value is -0.970. The van der Waals surface area contributed by atoms with Gasteiger partial charge in [0.05, 0.1) is 5.69 Å². The first-order valence-electron chi connectivity index (χ1n) is 8.52. The Labute approximate surface area is 157 Å². The topological polar surface area (TPSA) is 6.48 Å². The average molecular weight is 403 g/mol. The Balaban J connectivity index is 1.75. The van der Waals surface area contributed by atoms with Crippen molar-refractivity contribution >= 4 is 33.4 Å². The zero-order chi connectivity index (χ0) is 16.8. The fraction of sp³-hybridized carbons (Fsp3) is 0.400. The Bertz CT molecular complexity index is 759. The van der Waals surface area contributed by atoms with Crippen molar-refractivity contribution in [1.82, 2.24) is 4.90 Å². The van der Waals surface area contributed by atoms with Gasteiger partial charge in [0.25, 0.3) is 0 Å². The standard InChI is InChI=1S/C20H23BrN2S/c1-13-4-6-15(7-5-13)24-19-11-14(21)10-16-17-12-22(2)9-8-18(17)23(3)20(16)19/h4-7,10-11,17-18H,8-9,12H2,1-3H3/t17-,18-/m1/s1. The number of hydrogen-bond acceptors (Lipinski definition) is 3. The normalized spacial score (nSPS) is 23.2. The van der Waals surface area contributed by atoms with Crippen LogP contribution in [0, 0.1) is 6.92 Å². The summed E-state index contributed by atoms with van der Waals surface area (Å²) in [5.74, 6) is 0.624. The third-order valence-electron chi connectivity index (χ3n) is 5.35. The molecular formula is C20H23BrN2S. The van der Waals surface area contributed by atoms with Crippen LogP contribution in [0.1, 0.15) is 23.5 Å². The zero-order valence-corrected chi connectivity index (χ0v) is 16.8. The highest BCUT2D eigenvalue weighted by Crippen LogP contribution is 2.50. The molecule has 0 radical (unpaired) electrons. The summed E-state index contributed by atoms with van der Waals surface area (Å²) in [5.41, 5.74) is 4.26. The summed E-state index contributed by atoms with van der Waals surface area (Å²) in [7, 11) is 4.52. The van der Waals surface area contributed by atoms with Crippen molar-refractivity contribution in [3.8, 4) is 0 Å². The maximum Gasteiger partial charge on any atom is 0.0545 e. The van der Waals surface area contributed by atoms with Crippen molar-refractivity contribution in [1.29, 1.82) is 0 Å². The fourth-order valence-corrected chi connectivity index (χ4v) is 5.80. The van der Waals surface area contributed by atoms with Crippen molar-refractivity contribution < 1.29 is 0 Å². The van der Waals surface area contributed by atoms with Crippen molar-refractivity contribution in [2.75, 3.05) is 32.1 Å². The Morgan fingerprint density at radius 2 is 1.88 bits per heavy atom. The van der Waals surface area contributed by atoms with E-state index in [1.807, 2.05) is 11.8 Å². The first-order chi connectivity index (χ1) is 11.5. The van der Waals surface area contributed by atoms with Crippen LogP contribution in [0.5, 0.6) is 0 Å². The number of fused-ring (bicyclic) bond motifs is 3. The molecule has 4 rings (SSSR count). The molecule has 2 heterocycles. The molecule has 0 unspecified atom stereocenters. The molecule has 2 nitrogen and oxygen atoms in total. The van der Waals surface area contributed by atoms with Gasteiger partial charge in [-0.25, -0.2) is 0 Å². The maximum absolute atomic E-state index is 3.75. The van der Waals surface area contributed by atoms with Crippen LogP contribution in [0.2, 0.25) is 0 Å². The number of piperidine rings is 1. The number of likely N-dealkylation sites (tertiary alicyclic amines) is 1. The van der Waals surface area contributed by atoms with E-state index in [4.69, 9.17) is 0 Å². The summed E-state index contributed by atoms with van der Waals surface area (Å²) in [6, 6.07) is 14.1. The third-order valence-corrected chi connectivity index (χ3v) is 6.84. The van der Waals surface area contributed by atoms with Crippen LogP contribution in [0.3, 0.4) is 0 Å². The van der Waals surface area contributed by atoms with Crippen LogP contribution in [-0.4, -0.2) is 38.1 Å². The lowest BCUT2D eigenvalue weighted by Crippen LogP contribution is -2.43. The molecule has 0 saturated carbocycles. The molecule has 2 atom stereocenters. The zero-order valence-electron chi connectivity index (χ0n) is 14.4. The number of nitrogens with zero attached hydrogens (tertiary/aromatic N) is 2. The minimum absolute atomic E-state index is 0.624. The van der Waals surface area contributed by atoms with Crippen LogP contribution < -0.4 is 4.90 Å². The highest BCUT2D eigenvalue weighted by molar-refractivity contribution is 9.10. The molecule has 0 N–H and O–H groups in total. The van der Waals surface area contributed by atoms with Gasteiger partial charge >= 0.3 is 0 Å². The van der Waals surface area contributed by atoms with Gasteiger partial charge in [0.2, 0.25) is 0 Å². The van der Waals surface area contributed by atoms with E-state index in [0.717, 1.165) is 6.54 Å². The van der Waals surface area contributed by atoms with Gasteiger partial charge in [-0.3, -0.25) is 0 Å². The molecule has 2 aliphatic rings. The van der Waals surface area contributed by atoms with E-state index in [1.54, 1.807) is 0 Å². The summed E-state index contributed by atoms with van der Waals surface area (Å²) < 4.78 is 1.19. The van der Waals surface area contributed by atoms with Gasteiger partial charge in [-0.2, -0.15) is 0 Å². The summed E-state index contributed by atoms with van der Waals surface area (Å²) in [6.07, 6.45) is 1.25. The van der Waals surface area contributed by atoms with Gasteiger partial charge in [-0.15, -0.1) is 0 Å². The first-order valence-corrected chi connectivity index (χ1v) is 10.1. The largest absolute Gasteiger partial charge is 0.370 e. The number of halogens is 1. The van der Waals surface area contributed by atoms with Gasteiger partial charge in [-0.1, -0.05) is 45.4 Å². The fourth-order valence-electron chi connectivity index (χ4n) is 4.10. The predicted octanol–water partition coefficient (Wildman–Crippen LogP) is 5.15. The summed E-state index contributed by atoms with van der Waals surface area (Å²) in [5, 5.41) is 0. The SMILES string of the molecule is Cc1ccc(Sc2cc(Br)cc3c2N(C)[C@@H]2CCN(C)C[C@H]32)cc1. The summed E-state index contributed by atoms with van der Waals surface area (Å²) in [4.78, 5) is 7.68. The molecule has 4 heteroatoms. The molecule has 126 valence electrons. The monoisotopic (exact) mass is 402 g/mol. The van der Waals surface area contributed by atoms with Crippen LogP contribution in [0.4, 0.5) is 5.69 Å². The van der Waals surface area contributed by atoms with E-state index >= 15 is 0 Å². The first kappa shape index (κ1) is 16.5. The van der Waals surface area contributed by atoms with Gasteiger partial charge < -0.3 is 9.80 Å². The van der Waals surface area contributed by atoms with Crippen molar-refractivity contribution in [2.24, 2.45) is 0 Å². The molecule has 2 aliphatic heterocycles. The molecule has 0 spiro atoms. The Morgan fingerprint density at radius 3 is 2.62 bits per heavy atom. The summed E-state index contributed by atoms with van der Waals surface area (Å²) >= 11 is 5.63. The molecule has 0 amide bonds. The van der Waals surface area contributed by atoms with Crippen molar-refractivity contribution in [3.63, 3.8) is 0 Å². The highest BCUT2D eigenvalue weighted by atomic mass is 79.9. The maximum atomic E-state index is 3.75. The van der Waals surface area contributed by atoms with Crippen LogP contribution in [0.25, 0.3) is 0 Å². The molecular weight excluding hydrogens is 380 g/mol. The lowest BCUT2D eigenvalue weighted by atomic mass is 9.89. The minimum atomic E-state index is 0.624. The van der Waals surface area contributed by atoms with E-state index in [0.29, 0.717) is 12.0 Å².